The van der Waals surface area contributed by atoms with Gasteiger partial charge in [0.2, 0.25) is 0 Å². The topological polar surface area (TPSA) is 81.1 Å². The number of anilines is 1. The van der Waals surface area contributed by atoms with Gasteiger partial charge >= 0.3 is 0 Å². The van der Waals surface area contributed by atoms with Crippen LogP contribution in [-0.2, 0) is 22.4 Å². The van der Waals surface area contributed by atoms with Gasteiger partial charge in [-0.3, -0.25) is 4.79 Å². The van der Waals surface area contributed by atoms with Crippen LogP contribution < -0.4 is 4.90 Å². The highest BCUT2D eigenvalue weighted by atomic mass is 16.5. The fourth-order valence-electron chi connectivity index (χ4n) is 4.55. The molecule has 152 valence electrons. The minimum atomic E-state index is -0.0291. The van der Waals surface area contributed by atoms with Crippen LogP contribution in [0.25, 0.3) is 0 Å². The first kappa shape index (κ1) is 18.6. The fourth-order valence-corrected chi connectivity index (χ4v) is 4.55. The van der Waals surface area contributed by atoms with Crippen LogP contribution in [-0.4, -0.2) is 45.6 Å². The van der Waals surface area contributed by atoms with Crippen LogP contribution in [0.15, 0.2) is 24.8 Å². The van der Waals surface area contributed by atoms with Gasteiger partial charge in [0.1, 0.15) is 18.3 Å². The third-order valence-electron chi connectivity index (χ3n) is 6.36. The molecular formula is C22H27N5O2. The molecular weight excluding hydrogens is 366 g/mol. The van der Waals surface area contributed by atoms with Crippen molar-refractivity contribution in [1.82, 2.24) is 19.9 Å². The van der Waals surface area contributed by atoms with Gasteiger partial charge in [0.05, 0.1) is 24.7 Å². The van der Waals surface area contributed by atoms with E-state index in [1.54, 1.807) is 17.3 Å². The number of amides is 1. The van der Waals surface area contributed by atoms with Crippen LogP contribution in [0.2, 0.25) is 0 Å². The van der Waals surface area contributed by atoms with Crippen molar-refractivity contribution in [2.45, 2.75) is 50.9 Å². The molecule has 1 amide bonds. The van der Waals surface area contributed by atoms with E-state index in [0.717, 1.165) is 30.2 Å². The Bertz CT molecular complexity index is 851. The van der Waals surface area contributed by atoms with Gasteiger partial charge in [-0.1, -0.05) is 0 Å². The zero-order valence-electron chi connectivity index (χ0n) is 16.7. The largest absolute Gasteiger partial charge is 0.370 e. The Hall–Kier alpha value is -2.41. The number of rotatable bonds is 6. The zero-order chi connectivity index (χ0) is 19.6. The normalized spacial score (nSPS) is 24.8. The predicted molar refractivity (Wildman–Crippen MR) is 107 cm³/mol. The van der Waals surface area contributed by atoms with E-state index < -0.39 is 0 Å². The highest BCUT2D eigenvalue weighted by Gasteiger charge is 2.28. The van der Waals surface area contributed by atoms with Crippen molar-refractivity contribution in [3.8, 4) is 0 Å². The molecule has 0 N–H and O–H groups in total. The highest BCUT2D eigenvalue weighted by molar-refractivity contribution is 5.94. The molecule has 1 aliphatic heterocycles. The number of hydrogen-bond acceptors (Lipinski definition) is 6. The Morgan fingerprint density at radius 1 is 0.897 bits per heavy atom. The van der Waals surface area contributed by atoms with E-state index in [4.69, 9.17) is 4.74 Å². The van der Waals surface area contributed by atoms with Gasteiger partial charge in [0, 0.05) is 31.8 Å². The van der Waals surface area contributed by atoms with Crippen molar-refractivity contribution in [3.63, 3.8) is 0 Å². The van der Waals surface area contributed by atoms with E-state index in [0.29, 0.717) is 30.9 Å². The second-order valence-electron chi connectivity index (χ2n) is 8.62. The van der Waals surface area contributed by atoms with Crippen LogP contribution in [0, 0.1) is 11.8 Å². The van der Waals surface area contributed by atoms with E-state index in [-0.39, 0.29) is 12.5 Å². The molecule has 2 aromatic heterocycles. The molecule has 2 aliphatic carbocycles. The third-order valence-corrected chi connectivity index (χ3v) is 6.36. The average Bonchev–Trinajstić information content (AvgIpc) is 3.51. The SMILES string of the molecule is O=C1COCCN1c1cnc(C[C@H]2CC[C@H](Cc3ncc(C4CC4)cn3)C2)nc1. The number of morpholine rings is 1. The van der Waals surface area contributed by atoms with Crippen molar-refractivity contribution in [1.29, 1.82) is 0 Å². The first-order chi connectivity index (χ1) is 14.2. The summed E-state index contributed by atoms with van der Waals surface area (Å²) in [6.45, 7) is 1.26. The molecule has 0 spiro atoms. The summed E-state index contributed by atoms with van der Waals surface area (Å²) in [7, 11) is 0. The van der Waals surface area contributed by atoms with Crippen LogP contribution in [0.5, 0.6) is 0 Å². The lowest BCUT2D eigenvalue weighted by Gasteiger charge is -2.26. The summed E-state index contributed by atoms with van der Waals surface area (Å²) in [6, 6.07) is 0. The molecule has 2 saturated carbocycles. The van der Waals surface area contributed by atoms with Crippen molar-refractivity contribution in [2.75, 3.05) is 24.7 Å². The average molecular weight is 393 g/mol. The molecule has 29 heavy (non-hydrogen) atoms. The van der Waals surface area contributed by atoms with Crippen LogP contribution in [0.3, 0.4) is 0 Å². The van der Waals surface area contributed by atoms with Crippen LogP contribution >= 0.6 is 0 Å². The third kappa shape index (κ3) is 4.45. The molecule has 2 atom stereocenters. The fraction of sp³-hybridized carbons (Fsp3) is 0.591. The molecule has 0 unspecified atom stereocenters. The molecule has 3 fully saturated rings. The monoisotopic (exact) mass is 393 g/mol. The van der Waals surface area contributed by atoms with Gasteiger partial charge in [0.15, 0.2) is 0 Å². The molecule has 0 radical (unpaired) electrons. The van der Waals surface area contributed by atoms with Gasteiger partial charge in [-0.2, -0.15) is 0 Å². The van der Waals surface area contributed by atoms with Crippen molar-refractivity contribution < 1.29 is 9.53 Å². The Balaban J connectivity index is 1.13. The van der Waals surface area contributed by atoms with E-state index in [1.165, 1.54) is 37.7 Å². The summed E-state index contributed by atoms with van der Waals surface area (Å²) in [4.78, 5) is 31.9. The highest BCUT2D eigenvalue weighted by Crippen LogP contribution is 2.39. The molecule has 2 aromatic rings. The smallest absolute Gasteiger partial charge is 0.253 e. The molecule has 5 rings (SSSR count). The number of aromatic nitrogens is 4. The first-order valence-electron chi connectivity index (χ1n) is 10.7. The maximum atomic E-state index is 11.9. The summed E-state index contributed by atoms with van der Waals surface area (Å²) in [5, 5.41) is 0. The number of ether oxygens (including phenoxy) is 1. The molecule has 0 aromatic carbocycles. The lowest BCUT2D eigenvalue weighted by Crippen LogP contribution is -2.41. The van der Waals surface area contributed by atoms with Gasteiger partial charge in [0.25, 0.3) is 5.91 Å². The maximum absolute atomic E-state index is 11.9. The lowest BCUT2D eigenvalue weighted by atomic mass is 9.99. The Morgan fingerprint density at radius 3 is 2.10 bits per heavy atom. The molecule has 0 bridgehead atoms. The van der Waals surface area contributed by atoms with E-state index in [9.17, 15) is 4.79 Å². The van der Waals surface area contributed by atoms with Gasteiger partial charge in [-0.25, -0.2) is 19.9 Å². The second-order valence-corrected chi connectivity index (χ2v) is 8.62. The second kappa shape index (κ2) is 8.14. The summed E-state index contributed by atoms with van der Waals surface area (Å²) >= 11 is 0. The molecule has 7 nitrogen and oxygen atoms in total. The minimum absolute atomic E-state index is 0.0291. The van der Waals surface area contributed by atoms with Gasteiger partial charge in [-0.15, -0.1) is 0 Å². The Kier molecular flexibility index (Phi) is 5.23. The number of nitrogens with zero attached hydrogens (tertiary/aromatic N) is 5. The molecule has 7 heteroatoms. The van der Waals surface area contributed by atoms with Crippen molar-refractivity contribution in [2.24, 2.45) is 11.8 Å². The van der Waals surface area contributed by atoms with E-state index in [2.05, 4.69) is 19.9 Å². The van der Waals surface area contributed by atoms with Crippen molar-refractivity contribution in [3.05, 3.63) is 42.0 Å². The number of hydrogen-bond donors (Lipinski definition) is 0. The summed E-state index contributed by atoms with van der Waals surface area (Å²) in [6.07, 6.45) is 15.7. The van der Waals surface area contributed by atoms with E-state index in [1.807, 2.05) is 12.4 Å². The standard InChI is InChI=1S/C22H27N5O2/c28-22-14-29-6-5-27(22)19-12-25-21(26-13-19)9-16-2-1-15(7-16)8-20-23-10-18(11-24-20)17-3-4-17/h10-13,15-17H,1-9,14H2/t15-,16-/m0/s1. The molecule has 1 saturated heterocycles. The number of carbonyl (C=O) groups excluding carboxylic acids is 1. The summed E-state index contributed by atoms with van der Waals surface area (Å²) in [5.41, 5.74) is 2.07. The van der Waals surface area contributed by atoms with Crippen LogP contribution in [0.4, 0.5) is 5.69 Å². The molecule has 3 heterocycles. The lowest BCUT2D eigenvalue weighted by molar-refractivity contribution is -0.125. The first-order valence-corrected chi connectivity index (χ1v) is 10.7. The van der Waals surface area contributed by atoms with Crippen LogP contribution in [0.1, 0.15) is 55.2 Å². The predicted octanol–water partition coefficient (Wildman–Crippen LogP) is 2.71. The van der Waals surface area contributed by atoms with E-state index >= 15 is 0 Å². The summed E-state index contributed by atoms with van der Waals surface area (Å²) < 4.78 is 5.18. The van der Waals surface area contributed by atoms with Gasteiger partial charge < -0.3 is 9.64 Å². The Morgan fingerprint density at radius 2 is 1.52 bits per heavy atom. The van der Waals surface area contributed by atoms with Crippen molar-refractivity contribution >= 4 is 11.6 Å². The quantitative estimate of drug-likeness (QED) is 0.751. The summed E-state index contributed by atoms with van der Waals surface area (Å²) in [5.74, 6) is 3.80. The maximum Gasteiger partial charge on any atom is 0.253 e. The Labute approximate surface area is 170 Å². The minimum Gasteiger partial charge on any atom is -0.370 e. The zero-order valence-corrected chi connectivity index (χ0v) is 16.7. The number of carbonyl (C=O) groups is 1. The van der Waals surface area contributed by atoms with Gasteiger partial charge in [-0.05, 0) is 55.4 Å². The molecule has 3 aliphatic rings.